The van der Waals surface area contributed by atoms with Crippen molar-refractivity contribution in [2.45, 2.75) is 26.3 Å². The van der Waals surface area contributed by atoms with Gasteiger partial charge in [-0.2, -0.15) is 0 Å². The molecule has 3 N–H and O–H groups in total. The molecule has 1 aromatic carbocycles. The quantitative estimate of drug-likeness (QED) is 0.846. The van der Waals surface area contributed by atoms with Crippen LogP contribution in [0.5, 0.6) is 0 Å². The van der Waals surface area contributed by atoms with Gasteiger partial charge in [0, 0.05) is 24.8 Å². The zero-order valence-electron chi connectivity index (χ0n) is 11.1. The molecule has 1 fully saturated rings. The van der Waals surface area contributed by atoms with Gasteiger partial charge >= 0.3 is 0 Å². The Bertz CT molecular complexity index is 445. The van der Waals surface area contributed by atoms with Crippen molar-refractivity contribution in [3.63, 3.8) is 0 Å². The first kappa shape index (κ1) is 13.1. The van der Waals surface area contributed by atoms with E-state index in [4.69, 9.17) is 5.73 Å². The van der Waals surface area contributed by atoms with Gasteiger partial charge in [0.2, 0.25) is 5.91 Å². The fourth-order valence-electron chi connectivity index (χ4n) is 2.29. The second-order valence-corrected chi connectivity index (χ2v) is 5.08. The number of hydrogen-bond acceptors (Lipinski definition) is 3. The van der Waals surface area contributed by atoms with Gasteiger partial charge in [0.15, 0.2) is 0 Å². The molecule has 1 heterocycles. The van der Waals surface area contributed by atoms with E-state index in [1.54, 1.807) is 0 Å². The summed E-state index contributed by atoms with van der Waals surface area (Å²) in [6.45, 7) is 6.24. The number of amides is 1. The van der Waals surface area contributed by atoms with Crippen molar-refractivity contribution in [2.75, 3.05) is 25.0 Å². The third kappa shape index (κ3) is 3.09. The number of anilines is 1. The molecule has 1 unspecified atom stereocenters. The minimum Gasteiger partial charge on any atom is -0.326 e. The lowest BCUT2D eigenvalue weighted by molar-refractivity contribution is -0.117. The Morgan fingerprint density at radius 3 is 2.94 bits per heavy atom. The van der Waals surface area contributed by atoms with E-state index >= 15 is 0 Å². The predicted molar refractivity (Wildman–Crippen MR) is 73.6 cm³/mol. The zero-order valence-corrected chi connectivity index (χ0v) is 11.1. The highest BCUT2D eigenvalue weighted by atomic mass is 16.2. The second-order valence-electron chi connectivity index (χ2n) is 5.08. The third-order valence-corrected chi connectivity index (χ3v) is 3.55. The molecule has 0 aliphatic carbocycles. The van der Waals surface area contributed by atoms with Crippen molar-refractivity contribution in [1.82, 2.24) is 4.90 Å². The smallest absolute Gasteiger partial charge is 0.238 e. The fourth-order valence-corrected chi connectivity index (χ4v) is 2.29. The van der Waals surface area contributed by atoms with E-state index < -0.39 is 0 Å². The molecule has 4 nitrogen and oxygen atoms in total. The van der Waals surface area contributed by atoms with Gasteiger partial charge in [-0.15, -0.1) is 0 Å². The van der Waals surface area contributed by atoms with Gasteiger partial charge in [-0.05, 0) is 37.5 Å². The summed E-state index contributed by atoms with van der Waals surface area (Å²) in [7, 11) is 0. The molecule has 1 aliphatic rings. The molecular formula is C14H21N3O. The van der Waals surface area contributed by atoms with Crippen LogP contribution < -0.4 is 11.1 Å². The van der Waals surface area contributed by atoms with Crippen LogP contribution in [0.3, 0.4) is 0 Å². The number of nitrogens with two attached hydrogens (primary N) is 1. The number of nitrogens with zero attached hydrogens (tertiary/aromatic N) is 1. The highest BCUT2D eigenvalue weighted by Crippen LogP contribution is 2.18. The molecule has 1 atom stereocenters. The number of nitrogens with one attached hydrogen (secondary N) is 1. The number of aryl methyl sites for hydroxylation is 1. The molecule has 1 saturated heterocycles. The van der Waals surface area contributed by atoms with Gasteiger partial charge in [-0.3, -0.25) is 9.69 Å². The summed E-state index contributed by atoms with van der Waals surface area (Å²) < 4.78 is 0. The normalized spacial score (nSPS) is 20.1. The summed E-state index contributed by atoms with van der Waals surface area (Å²) in [4.78, 5) is 14.0. The maximum Gasteiger partial charge on any atom is 0.238 e. The Kier molecular flexibility index (Phi) is 3.99. The standard InChI is InChI=1S/C14H21N3O/c1-10-4-3-5-13(11(10)2)16-14(18)9-17-7-6-12(15)8-17/h3-5,12H,6-9,15H2,1-2H3,(H,16,18). The Hall–Kier alpha value is -1.39. The first-order valence-electron chi connectivity index (χ1n) is 6.40. The summed E-state index contributed by atoms with van der Waals surface area (Å²) in [6, 6.07) is 6.17. The third-order valence-electron chi connectivity index (χ3n) is 3.55. The van der Waals surface area contributed by atoms with Crippen LogP contribution in [0.4, 0.5) is 5.69 Å². The molecule has 18 heavy (non-hydrogen) atoms. The molecule has 0 saturated carbocycles. The highest BCUT2D eigenvalue weighted by Gasteiger charge is 2.21. The van der Waals surface area contributed by atoms with Gasteiger partial charge in [-0.25, -0.2) is 0 Å². The lowest BCUT2D eigenvalue weighted by atomic mass is 10.1. The van der Waals surface area contributed by atoms with E-state index in [1.807, 2.05) is 32.0 Å². The van der Waals surface area contributed by atoms with Crippen molar-refractivity contribution in [2.24, 2.45) is 5.73 Å². The lowest BCUT2D eigenvalue weighted by Gasteiger charge is -2.16. The largest absolute Gasteiger partial charge is 0.326 e. The SMILES string of the molecule is Cc1cccc(NC(=O)CN2CCC(N)C2)c1C. The van der Waals surface area contributed by atoms with E-state index in [2.05, 4.69) is 10.2 Å². The molecule has 1 amide bonds. The zero-order chi connectivity index (χ0) is 13.1. The van der Waals surface area contributed by atoms with E-state index in [0.29, 0.717) is 6.54 Å². The van der Waals surface area contributed by atoms with Crippen LogP contribution in [0.1, 0.15) is 17.5 Å². The van der Waals surface area contributed by atoms with Gasteiger partial charge in [0.05, 0.1) is 6.54 Å². The number of rotatable bonds is 3. The van der Waals surface area contributed by atoms with E-state index in [1.165, 1.54) is 5.56 Å². The lowest BCUT2D eigenvalue weighted by Crippen LogP contribution is -2.33. The Morgan fingerprint density at radius 2 is 2.28 bits per heavy atom. The number of carbonyl (C=O) groups is 1. The van der Waals surface area contributed by atoms with Gasteiger partial charge in [0.25, 0.3) is 0 Å². The second kappa shape index (κ2) is 5.50. The van der Waals surface area contributed by atoms with Crippen LogP contribution >= 0.6 is 0 Å². The van der Waals surface area contributed by atoms with E-state index in [9.17, 15) is 4.79 Å². The Labute approximate surface area is 108 Å². The average Bonchev–Trinajstić information content (AvgIpc) is 2.70. The Balaban J connectivity index is 1.93. The molecule has 0 spiro atoms. The molecule has 98 valence electrons. The predicted octanol–water partition coefficient (Wildman–Crippen LogP) is 1.27. The summed E-state index contributed by atoms with van der Waals surface area (Å²) in [5, 5.41) is 2.97. The molecule has 0 radical (unpaired) electrons. The molecule has 4 heteroatoms. The maximum absolute atomic E-state index is 11.9. The van der Waals surface area contributed by atoms with Crippen LogP contribution in [0.2, 0.25) is 0 Å². The molecule has 1 aliphatic heterocycles. The first-order chi connectivity index (χ1) is 8.56. The monoisotopic (exact) mass is 247 g/mol. The van der Waals surface area contributed by atoms with Crippen LogP contribution in [-0.4, -0.2) is 36.5 Å². The van der Waals surface area contributed by atoms with Crippen molar-refractivity contribution in [3.05, 3.63) is 29.3 Å². The fraction of sp³-hybridized carbons (Fsp3) is 0.500. The minimum absolute atomic E-state index is 0.0396. The number of hydrogen-bond donors (Lipinski definition) is 2. The van der Waals surface area contributed by atoms with Gasteiger partial charge in [0.1, 0.15) is 0 Å². The van der Waals surface area contributed by atoms with E-state index in [-0.39, 0.29) is 11.9 Å². The van der Waals surface area contributed by atoms with Crippen molar-refractivity contribution >= 4 is 11.6 Å². The van der Waals surface area contributed by atoms with Crippen LogP contribution in [0.15, 0.2) is 18.2 Å². The van der Waals surface area contributed by atoms with Crippen molar-refractivity contribution in [3.8, 4) is 0 Å². The number of likely N-dealkylation sites (tertiary alicyclic amines) is 1. The van der Waals surface area contributed by atoms with Crippen molar-refractivity contribution in [1.29, 1.82) is 0 Å². The molecule has 0 aromatic heterocycles. The Morgan fingerprint density at radius 1 is 1.50 bits per heavy atom. The van der Waals surface area contributed by atoms with E-state index in [0.717, 1.165) is 30.8 Å². The van der Waals surface area contributed by atoms with Crippen LogP contribution in [0.25, 0.3) is 0 Å². The minimum atomic E-state index is 0.0396. The maximum atomic E-state index is 11.9. The summed E-state index contributed by atoms with van der Waals surface area (Å²) >= 11 is 0. The number of carbonyl (C=O) groups excluding carboxylic acids is 1. The summed E-state index contributed by atoms with van der Waals surface area (Å²) in [5.41, 5.74) is 9.05. The highest BCUT2D eigenvalue weighted by molar-refractivity contribution is 5.93. The summed E-state index contributed by atoms with van der Waals surface area (Å²) in [5.74, 6) is 0.0396. The summed E-state index contributed by atoms with van der Waals surface area (Å²) in [6.07, 6.45) is 0.983. The molecular weight excluding hydrogens is 226 g/mol. The molecule has 0 bridgehead atoms. The molecule has 2 rings (SSSR count). The van der Waals surface area contributed by atoms with Crippen LogP contribution in [0, 0.1) is 13.8 Å². The molecule has 1 aromatic rings. The van der Waals surface area contributed by atoms with Gasteiger partial charge < -0.3 is 11.1 Å². The topological polar surface area (TPSA) is 58.4 Å². The van der Waals surface area contributed by atoms with Crippen LogP contribution in [-0.2, 0) is 4.79 Å². The number of benzene rings is 1. The first-order valence-corrected chi connectivity index (χ1v) is 6.40. The van der Waals surface area contributed by atoms with Gasteiger partial charge in [-0.1, -0.05) is 12.1 Å². The van der Waals surface area contributed by atoms with Crippen molar-refractivity contribution < 1.29 is 4.79 Å². The average molecular weight is 247 g/mol.